The number of nitroso groups, excluding NO2 is 1. The van der Waals surface area contributed by atoms with Crippen molar-refractivity contribution in [1.29, 1.82) is 0 Å². The van der Waals surface area contributed by atoms with Gasteiger partial charge in [-0.15, -0.1) is 16.5 Å². The summed E-state index contributed by atoms with van der Waals surface area (Å²) in [5.41, 5.74) is 0. The summed E-state index contributed by atoms with van der Waals surface area (Å²) < 4.78 is 5.76. The molecule has 0 aromatic carbocycles. The molecule has 29 heavy (non-hydrogen) atoms. The van der Waals surface area contributed by atoms with E-state index in [0.29, 0.717) is 17.9 Å². The van der Waals surface area contributed by atoms with Crippen LogP contribution < -0.4 is 0 Å². The van der Waals surface area contributed by atoms with Crippen molar-refractivity contribution in [1.82, 2.24) is 9.91 Å². The Balaban J connectivity index is 2.36. The molecule has 11 heteroatoms. The van der Waals surface area contributed by atoms with Gasteiger partial charge in [0, 0.05) is 18.3 Å². The molecule has 10 nitrogen and oxygen atoms in total. The van der Waals surface area contributed by atoms with Crippen molar-refractivity contribution >= 4 is 17.6 Å². The number of amides is 2. The number of carbonyl (C=O) groups is 1. The highest BCUT2D eigenvalue weighted by molar-refractivity contribution is 6.18. The molecule has 5 atom stereocenters. The highest BCUT2D eigenvalue weighted by Gasteiger charge is 2.58. The minimum absolute atomic E-state index is 0.0333. The zero-order valence-corrected chi connectivity index (χ0v) is 17.6. The molecule has 0 aromatic heterocycles. The molecule has 0 aromatic rings. The summed E-state index contributed by atoms with van der Waals surface area (Å²) in [5.74, 6) is -2.72. The van der Waals surface area contributed by atoms with Crippen molar-refractivity contribution in [2.75, 3.05) is 19.0 Å². The third kappa shape index (κ3) is 5.18. The van der Waals surface area contributed by atoms with Gasteiger partial charge < -0.3 is 25.2 Å². The Morgan fingerprint density at radius 1 is 1.21 bits per heavy atom. The molecule has 1 aliphatic carbocycles. The van der Waals surface area contributed by atoms with E-state index in [1.54, 1.807) is 0 Å². The summed E-state index contributed by atoms with van der Waals surface area (Å²) in [6, 6.07) is -0.868. The van der Waals surface area contributed by atoms with Crippen LogP contribution in [0.2, 0.25) is 0 Å². The van der Waals surface area contributed by atoms with Crippen LogP contribution in [-0.4, -0.2) is 85.7 Å². The molecular formula is C18H32ClN3O7. The summed E-state index contributed by atoms with van der Waals surface area (Å²) in [6.07, 6.45) is -2.83. The number of aliphatic hydroxyl groups is 4. The predicted molar refractivity (Wildman–Crippen MR) is 105 cm³/mol. The van der Waals surface area contributed by atoms with E-state index in [1.165, 1.54) is 0 Å². The van der Waals surface area contributed by atoms with Crippen LogP contribution in [0, 0.1) is 16.7 Å². The Bertz CT molecular complexity index is 560. The number of rotatable bonds is 7. The summed E-state index contributed by atoms with van der Waals surface area (Å²) in [6.45, 7) is 3.53. The summed E-state index contributed by atoms with van der Waals surface area (Å²) in [5, 5.41) is 46.0. The van der Waals surface area contributed by atoms with Gasteiger partial charge in [0.25, 0.3) is 0 Å². The number of hydrogen-bond acceptors (Lipinski definition) is 8. The Labute approximate surface area is 175 Å². The fourth-order valence-electron chi connectivity index (χ4n) is 4.12. The second-order valence-electron chi connectivity index (χ2n) is 8.24. The van der Waals surface area contributed by atoms with E-state index in [4.69, 9.17) is 16.3 Å². The van der Waals surface area contributed by atoms with Crippen LogP contribution in [0.1, 0.15) is 46.0 Å². The molecule has 0 spiro atoms. The number of aliphatic hydroxyl groups excluding tert-OH is 3. The van der Waals surface area contributed by atoms with E-state index in [0.717, 1.165) is 24.2 Å². The van der Waals surface area contributed by atoms with Gasteiger partial charge in [0.15, 0.2) is 12.0 Å². The second-order valence-corrected chi connectivity index (χ2v) is 8.62. The largest absolute Gasteiger partial charge is 0.387 e. The van der Waals surface area contributed by atoms with Crippen LogP contribution in [0.4, 0.5) is 4.79 Å². The molecule has 2 fully saturated rings. The van der Waals surface area contributed by atoms with Crippen LogP contribution >= 0.6 is 11.6 Å². The molecule has 1 saturated carbocycles. The molecule has 2 aliphatic rings. The van der Waals surface area contributed by atoms with E-state index in [-0.39, 0.29) is 24.9 Å². The van der Waals surface area contributed by atoms with Crippen LogP contribution in [0.3, 0.4) is 0 Å². The van der Waals surface area contributed by atoms with Crippen molar-refractivity contribution in [3.8, 4) is 0 Å². The lowest BCUT2D eigenvalue weighted by Gasteiger charge is -2.52. The molecule has 2 amide bonds. The van der Waals surface area contributed by atoms with Gasteiger partial charge >= 0.3 is 6.03 Å². The van der Waals surface area contributed by atoms with E-state index in [9.17, 15) is 30.1 Å². The molecule has 0 radical (unpaired) electrons. The fourth-order valence-corrected chi connectivity index (χ4v) is 4.28. The standard InChI is InChI=1S/C18H32ClN3O7/c1-11(2)10-21(17(26)22(20-28)9-8-19)16-14(24)13(23)15(25)18(27,29-16)12-6-4-3-5-7-12/h11-16,23-25,27H,3-10H2,1-2H3/t13-,14+,15+,16?,18-/m1/s1. The van der Waals surface area contributed by atoms with Crippen molar-refractivity contribution in [2.45, 2.75) is 76.3 Å². The van der Waals surface area contributed by atoms with Crippen molar-refractivity contribution < 1.29 is 30.0 Å². The average molecular weight is 438 g/mol. The number of halogens is 1. The Morgan fingerprint density at radius 3 is 2.34 bits per heavy atom. The molecule has 1 unspecified atom stereocenters. The summed E-state index contributed by atoms with van der Waals surface area (Å²) in [7, 11) is 0. The molecular weight excluding hydrogens is 406 g/mol. The number of hydrogen-bond donors (Lipinski definition) is 4. The first-order chi connectivity index (χ1) is 13.7. The van der Waals surface area contributed by atoms with Crippen molar-refractivity contribution in [3.05, 3.63) is 4.91 Å². The fraction of sp³-hybridized carbons (Fsp3) is 0.944. The van der Waals surface area contributed by atoms with Gasteiger partial charge in [0.1, 0.15) is 18.3 Å². The highest BCUT2D eigenvalue weighted by atomic mass is 35.5. The maximum absolute atomic E-state index is 12.9. The monoisotopic (exact) mass is 437 g/mol. The maximum atomic E-state index is 12.9. The summed E-state index contributed by atoms with van der Waals surface area (Å²) >= 11 is 5.63. The smallest absolute Gasteiger partial charge is 0.345 e. The van der Waals surface area contributed by atoms with Gasteiger partial charge in [-0.2, -0.15) is 5.01 Å². The quantitative estimate of drug-likeness (QED) is 0.264. The zero-order chi connectivity index (χ0) is 21.8. The normalized spacial score (nSPS) is 33.5. The molecule has 4 N–H and O–H groups in total. The first-order valence-corrected chi connectivity index (χ1v) is 10.6. The van der Waals surface area contributed by atoms with Gasteiger partial charge in [-0.25, -0.2) is 4.79 Å². The molecule has 0 bridgehead atoms. The number of carbonyl (C=O) groups excluding carboxylic acids is 1. The molecule has 1 saturated heterocycles. The maximum Gasteiger partial charge on any atom is 0.345 e. The van der Waals surface area contributed by atoms with E-state index in [1.807, 2.05) is 13.8 Å². The Hall–Kier alpha value is -1.04. The number of nitrogens with zero attached hydrogens (tertiary/aromatic N) is 3. The average Bonchev–Trinajstić information content (AvgIpc) is 2.71. The van der Waals surface area contributed by atoms with Crippen LogP contribution in [0.15, 0.2) is 5.29 Å². The molecule has 2 rings (SSSR count). The van der Waals surface area contributed by atoms with E-state index >= 15 is 0 Å². The third-order valence-electron chi connectivity index (χ3n) is 5.62. The first-order valence-electron chi connectivity index (χ1n) is 10.1. The topological polar surface area (TPSA) is 143 Å². The molecule has 1 heterocycles. The molecule has 1 aliphatic heterocycles. The van der Waals surface area contributed by atoms with Gasteiger partial charge in [0.2, 0.25) is 0 Å². The van der Waals surface area contributed by atoms with E-state index < -0.39 is 42.3 Å². The second kappa shape index (κ2) is 10.3. The highest BCUT2D eigenvalue weighted by Crippen LogP contribution is 2.41. The number of ether oxygens (including phenoxy) is 1. The van der Waals surface area contributed by atoms with Gasteiger partial charge in [-0.3, -0.25) is 4.90 Å². The van der Waals surface area contributed by atoms with Crippen LogP contribution in [0.5, 0.6) is 0 Å². The van der Waals surface area contributed by atoms with E-state index in [2.05, 4.69) is 5.29 Å². The number of alkyl halides is 1. The lowest BCUT2D eigenvalue weighted by atomic mass is 9.77. The molecule has 168 valence electrons. The Kier molecular flexibility index (Phi) is 8.62. The lowest BCUT2D eigenvalue weighted by molar-refractivity contribution is -0.384. The van der Waals surface area contributed by atoms with Gasteiger partial charge in [-0.05, 0) is 18.8 Å². The predicted octanol–water partition coefficient (Wildman–Crippen LogP) is 0.994. The van der Waals surface area contributed by atoms with Crippen molar-refractivity contribution in [2.24, 2.45) is 17.1 Å². The van der Waals surface area contributed by atoms with Crippen LogP contribution in [0.25, 0.3) is 0 Å². The van der Waals surface area contributed by atoms with Gasteiger partial charge in [0.05, 0.1) is 11.8 Å². The SMILES string of the molecule is CC(C)CN(C(=O)N(CCCl)N=O)C1O[C@](O)(C2CCCCC2)[C@@H](O)[C@H](O)[C@@H]1O. The Morgan fingerprint density at radius 2 is 1.83 bits per heavy atom. The minimum Gasteiger partial charge on any atom is -0.387 e. The summed E-state index contributed by atoms with van der Waals surface area (Å²) in [4.78, 5) is 25.1. The van der Waals surface area contributed by atoms with Crippen molar-refractivity contribution in [3.63, 3.8) is 0 Å². The first kappa shape index (κ1) is 24.2. The third-order valence-corrected chi connectivity index (χ3v) is 5.79. The van der Waals surface area contributed by atoms with Crippen LogP contribution in [-0.2, 0) is 4.74 Å². The minimum atomic E-state index is -2.13. The zero-order valence-electron chi connectivity index (χ0n) is 16.9. The van der Waals surface area contributed by atoms with Gasteiger partial charge in [-0.1, -0.05) is 33.1 Å². The lowest BCUT2D eigenvalue weighted by Crippen LogP contribution is -2.71. The number of urea groups is 1.